The molecule has 4 nitrogen and oxygen atoms in total. The van der Waals surface area contributed by atoms with Crippen molar-refractivity contribution in [3.8, 4) is 11.5 Å². The van der Waals surface area contributed by atoms with Crippen molar-refractivity contribution in [2.75, 3.05) is 19.0 Å². The highest BCUT2D eigenvalue weighted by molar-refractivity contribution is 7.99. The van der Waals surface area contributed by atoms with Gasteiger partial charge in [0, 0.05) is 16.7 Å². The number of benzene rings is 2. The van der Waals surface area contributed by atoms with E-state index in [-0.39, 0.29) is 6.61 Å². The first-order chi connectivity index (χ1) is 11.9. The summed E-state index contributed by atoms with van der Waals surface area (Å²) in [5.74, 6) is 0.748. The van der Waals surface area contributed by atoms with E-state index in [1.54, 1.807) is 30.0 Å². The third-order valence-electron chi connectivity index (χ3n) is 3.08. The van der Waals surface area contributed by atoms with Crippen LogP contribution in [0.3, 0.4) is 0 Å². The molecule has 8 heteroatoms. The van der Waals surface area contributed by atoms with Gasteiger partial charge in [-0.25, -0.2) is 4.79 Å². The Morgan fingerprint density at radius 1 is 1.04 bits per heavy atom. The molecule has 2 rings (SSSR count). The molecule has 0 atom stereocenters. The zero-order valence-corrected chi connectivity index (χ0v) is 16.3. The van der Waals surface area contributed by atoms with Crippen LogP contribution in [0, 0.1) is 6.92 Å². The molecule has 0 fully saturated rings. The van der Waals surface area contributed by atoms with Gasteiger partial charge >= 0.3 is 5.97 Å². The summed E-state index contributed by atoms with van der Waals surface area (Å²) in [4.78, 5) is 11.6. The standard InChI is InChI=1S/C17H15Cl3O4S/c1-10-6-11(2-3-15(10)24-9-17(21)22)25-5-4-23-16-8-13(19)12(18)7-14(16)20/h2-3,6-8H,4-5,9H2,1H3,(H,21,22). The molecule has 0 aliphatic heterocycles. The van der Waals surface area contributed by atoms with Crippen LogP contribution in [0.2, 0.25) is 15.1 Å². The molecule has 2 aromatic rings. The summed E-state index contributed by atoms with van der Waals surface area (Å²) in [6.07, 6.45) is 0. The van der Waals surface area contributed by atoms with Gasteiger partial charge in [0.05, 0.1) is 21.7 Å². The molecule has 0 bridgehead atoms. The number of halogens is 3. The predicted octanol–water partition coefficient (Wildman–Crippen LogP) is 5.59. The fraction of sp³-hybridized carbons (Fsp3) is 0.235. The molecule has 0 unspecified atom stereocenters. The average molecular weight is 422 g/mol. The summed E-state index contributed by atoms with van der Waals surface area (Å²) in [6.45, 7) is 1.96. The minimum atomic E-state index is -1.00. The van der Waals surface area contributed by atoms with Crippen LogP contribution in [0.5, 0.6) is 11.5 Å². The van der Waals surface area contributed by atoms with Crippen LogP contribution < -0.4 is 9.47 Å². The number of aryl methyl sites for hydroxylation is 1. The molecule has 0 saturated heterocycles. The fourth-order valence-corrected chi connectivity index (χ4v) is 3.36. The summed E-state index contributed by atoms with van der Waals surface area (Å²) in [6, 6.07) is 8.72. The van der Waals surface area contributed by atoms with Gasteiger partial charge in [0.25, 0.3) is 0 Å². The number of aliphatic carboxylic acids is 1. The Morgan fingerprint density at radius 3 is 2.44 bits per heavy atom. The summed E-state index contributed by atoms with van der Waals surface area (Å²) >= 11 is 19.5. The minimum absolute atomic E-state index is 0.356. The van der Waals surface area contributed by atoms with Crippen molar-refractivity contribution in [2.45, 2.75) is 11.8 Å². The maximum Gasteiger partial charge on any atom is 0.341 e. The van der Waals surface area contributed by atoms with E-state index >= 15 is 0 Å². The Kier molecular flexibility index (Phi) is 7.56. The number of carbonyl (C=O) groups is 1. The lowest BCUT2D eigenvalue weighted by Gasteiger charge is -2.11. The van der Waals surface area contributed by atoms with E-state index in [0.717, 1.165) is 10.5 Å². The van der Waals surface area contributed by atoms with Crippen LogP contribution in [-0.4, -0.2) is 30.0 Å². The Hall–Kier alpha value is -1.27. The largest absolute Gasteiger partial charge is 0.491 e. The normalized spacial score (nSPS) is 10.6. The van der Waals surface area contributed by atoms with Crippen molar-refractivity contribution in [3.63, 3.8) is 0 Å². The van der Waals surface area contributed by atoms with Crippen molar-refractivity contribution in [2.24, 2.45) is 0 Å². The lowest BCUT2D eigenvalue weighted by Crippen LogP contribution is -2.10. The first-order valence-electron chi connectivity index (χ1n) is 7.22. The Morgan fingerprint density at radius 2 is 1.76 bits per heavy atom. The third kappa shape index (κ3) is 6.19. The van der Waals surface area contributed by atoms with E-state index in [1.807, 2.05) is 19.1 Å². The molecule has 2 aromatic carbocycles. The van der Waals surface area contributed by atoms with E-state index in [9.17, 15) is 4.79 Å². The molecule has 0 aromatic heterocycles. The molecule has 0 aliphatic rings. The topological polar surface area (TPSA) is 55.8 Å². The monoisotopic (exact) mass is 420 g/mol. The maximum absolute atomic E-state index is 10.5. The number of hydrogen-bond donors (Lipinski definition) is 1. The molecule has 0 heterocycles. The van der Waals surface area contributed by atoms with Crippen molar-refractivity contribution in [1.29, 1.82) is 0 Å². The molecular formula is C17H15Cl3O4S. The molecule has 0 spiro atoms. The van der Waals surface area contributed by atoms with Gasteiger partial charge in [-0.05, 0) is 36.8 Å². The number of rotatable bonds is 8. The highest BCUT2D eigenvalue weighted by atomic mass is 35.5. The van der Waals surface area contributed by atoms with Gasteiger partial charge in [-0.2, -0.15) is 0 Å². The summed E-state index contributed by atoms with van der Waals surface area (Å²) in [5, 5.41) is 9.83. The first kappa shape index (κ1) is 20.0. The zero-order chi connectivity index (χ0) is 18.4. The summed E-state index contributed by atoms with van der Waals surface area (Å²) in [5.41, 5.74) is 0.875. The highest BCUT2D eigenvalue weighted by Crippen LogP contribution is 2.34. The highest BCUT2D eigenvalue weighted by Gasteiger charge is 2.08. The number of carboxylic acids is 1. The van der Waals surface area contributed by atoms with Crippen molar-refractivity contribution < 1.29 is 19.4 Å². The molecule has 134 valence electrons. The van der Waals surface area contributed by atoms with Crippen LogP contribution in [0.1, 0.15) is 5.56 Å². The van der Waals surface area contributed by atoms with Gasteiger partial charge < -0.3 is 14.6 Å². The quantitative estimate of drug-likeness (QED) is 0.342. The Balaban J connectivity index is 1.85. The summed E-state index contributed by atoms with van der Waals surface area (Å²) in [7, 11) is 0. The van der Waals surface area contributed by atoms with Gasteiger partial charge in [-0.3, -0.25) is 0 Å². The van der Waals surface area contributed by atoms with Gasteiger partial charge in [-0.15, -0.1) is 11.8 Å². The Labute approximate surface area is 165 Å². The van der Waals surface area contributed by atoms with E-state index in [1.165, 1.54) is 0 Å². The van der Waals surface area contributed by atoms with Crippen LogP contribution >= 0.6 is 46.6 Å². The molecule has 0 saturated carbocycles. The molecular weight excluding hydrogens is 407 g/mol. The van der Waals surface area contributed by atoms with Crippen LogP contribution in [-0.2, 0) is 4.79 Å². The van der Waals surface area contributed by atoms with Gasteiger partial charge in [0.2, 0.25) is 0 Å². The van der Waals surface area contributed by atoms with E-state index < -0.39 is 5.97 Å². The fourth-order valence-electron chi connectivity index (χ4n) is 1.94. The predicted molar refractivity (Wildman–Crippen MR) is 102 cm³/mol. The number of hydrogen-bond acceptors (Lipinski definition) is 4. The van der Waals surface area contributed by atoms with Gasteiger partial charge in [-0.1, -0.05) is 34.8 Å². The SMILES string of the molecule is Cc1cc(SCCOc2cc(Cl)c(Cl)cc2Cl)ccc1OCC(=O)O. The van der Waals surface area contributed by atoms with Crippen LogP contribution in [0.25, 0.3) is 0 Å². The lowest BCUT2D eigenvalue weighted by atomic mass is 10.2. The van der Waals surface area contributed by atoms with Crippen molar-refractivity contribution in [1.82, 2.24) is 0 Å². The van der Waals surface area contributed by atoms with Crippen molar-refractivity contribution >= 4 is 52.5 Å². The molecule has 0 radical (unpaired) electrons. The molecule has 0 aliphatic carbocycles. The second kappa shape index (κ2) is 9.43. The summed E-state index contributed by atoms with van der Waals surface area (Å²) < 4.78 is 10.8. The smallest absolute Gasteiger partial charge is 0.341 e. The zero-order valence-electron chi connectivity index (χ0n) is 13.2. The van der Waals surface area contributed by atoms with E-state index in [2.05, 4.69) is 0 Å². The molecule has 25 heavy (non-hydrogen) atoms. The van der Waals surface area contributed by atoms with Gasteiger partial charge in [0.1, 0.15) is 11.5 Å². The van der Waals surface area contributed by atoms with E-state index in [4.69, 9.17) is 49.4 Å². The Bertz CT molecular complexity index is 768. The van der Waals surface area contributed by atoms with Crippen molar-refractivity contribution in [3.05, 3.63) is 51.0 Å². The average Bonchev–Trinajstić information content (AvgIpc) is 2.55. The number of ether oxygens (including phenoxy) is 2. The van der Waals surface area contributed by atoms with Gasteiger partial charge in [0.15, 0.2) is 6.61 Å². The second-order valence-corrected chi connectivity index (χ2v) is 7.39. The number of thioether (sulfide) groups is 1. The first-order valence-corrected chi connectivity index (χ1v) is 9.34. The third-order valence-corrected chi connectivity index (χ3v) is 5.06. The number of carboxylic acid groups (broad SMARTS) is 1. The molecule has 1 N–H and O–H groups in total. The van der Waals surface area contributed by atoms with Crippen LogP contribution in [0.4, 0.5) is 0 Å². The minimum Gasteiger partial charge on any atom is -0.491 e. The molecule has 0 amide bonds. The van der Waals surface area contributed by atoms with E-state index in [0.29, 0.717) is 38.9 Å². The van der Waals surface area contributed by atoms with Crippen LogP contribution in [0.15, 0.2) is 35.2 Å². The second-order valence-electron chi connectivity index (χ2n) is 5.00. The lowest BCUT2D eigenvalue weighted by molar-refractivity contribution is -0.139. The maximum atomic E-state index is 10.5.